The molecule has 0 saturated carbocycles. The Hall–Kier alpha value is -2.37. The van der Waals surface area contributed by atoms with E-state index in [1.807, 2.05) is 0 Å². The topological polar surface area (TPSA) is 64.4 Å². The number of hydrogen-bond acceptors (Lipinski definition) is 3. The van der Waals surface area contributed by atoms with Crippen molar-refractivity contribution in [1.82, 2.24) is 9.78 Å². The van der Waals surface area contributed by atoms with Gasteiger partial charge in [-0.25, -0.2) is 9.18 Å². The molecule has 0 radical (unpaired) electrons. The number of para-hydroxylation sites is 1. The second kappa shape index (κ2) is 5.09. The highest BCUT2D eigenvalue weighted by Gasteiger charge is 2.25. The van der Waals surface area contributed by atoms with E-state index in [2.05, 4.69) is 5.10 Å². The van der Waals surface area contributed by atoms with Gasteiger partial charge < -0.3 is 9.84 Å². The standard InChI is InChI=1S/C13H13FN2O3/c1-3-9-11(13(17)18)12(19-2)16(15-9)10-7-5-4-6-8(10)14/h4-7H,3H2,1-2H3,(H,17,18). The Labute approximate surface area is 109 Å². The summed E-state index contributed by atoms with van der Waals surface area (Å²) in [4.78, 5) is 11.3. The number of carbonyl (C=O) groups is 1. The normalized spacial score (nSPS) is 10.5. The summed E-state index contributed by atoms with van der Waals surface area (Å²) in [6.45, 7) is 1.78. The van der Waals surface area contributed by atoms with Crippen LogP contribution in [0.4, 0.5) is 4.39 Å². The largest absolute Gasteiger partial charge is 0.480 e. The van der Waals surface area contributed by atoms with E-state index in [4.69, 9.17) is 4.74 Å². The van der Waals surface area contributed by atoms with Gasteiger partial charge in [0.05, 0.1) is 12.8 Å². The molecule has 0 unspecified atom stereocenters. The van der Waals surface area contributed by atoms with Crippen LogP contribution in [0.15, 0.2) is 24.3 Å². The second-order valence-corrected chi connectivity index (χ2v) is 3.85. The molecule has 0 saturated heterocycles. The first-order valence-corrected chi connectivity index (χ1v) is 5.74. The van der Waals surface area contributed by atoms with Crippen LogP contribution in [0.5, 0.6) is 5.88 Å². The maximum atomic E-state index is 13.8. The van der Waals surface area contributed by atoms with Crippen molar-refractivity contribution >= 4 is 5.97 Å². The Balaban J connectivity index is 2.71. The minimum Gasteiger partial charge on any atom is -0.480 e. The number of nitrogens with zero attached hydrogens (tertiary/aromatic N) is 2. The summed E-state index contributed by atoms with van der Waals surface area (Å²) in [7, 11) is 1.33. The number of aromatic carboxylic acids is 1. The van der Waals surface area contributed by atoms with Gasteiger partial charge in [-0.3, -0.25) is 0 Å². The van der Waals surface area contributed by atoms with Crippen molar-refractivity contribution in [2.45, 2.75) is 13.3 Å². The van der Waals surface area contributed by atoms with Crippen LogP contribution in [0.1, 0.15) is 23.0 Å². The van der Waals surface area contributed by atoms with Crippen LogP contribution in [0.2, 0.25) is 0 Å². The summed E-state index contributed by atoms with van der Waals surface area (Å²) in [6.07, 6.45) is 0.416. The Morgan fingerprint density at radius 2 is 2.16 bits per heavy atom. The number of ether oxygens (including phenoxy) is 1. The molecule has 0 spiro atoms. The molecule has 1 N–H and O–H groups in total. The SMILES string of the molecule is CCc1nn(-c2ccccc2F)c(OC)c1C(=O)O. The molecule has 0 amide bonds. The lowest BCUT2D eigenvalue weighted by molar-refractivity contribution is 0.0692. The molecule has 0 atom stereocenters. The quantitative estimate of drug-likeness (QED) is 0.920. The van der Waals surface area contributed by atoms with Crippen molar-refractivity contribution < 1.29 is 19.0 Å². The molecule has 0 aliphatic carbocycles. The van der Waals surface area contributed by atoms with Crippen molar-refractivity contribution in [3.63, 3.8) is 0 Å². The molecule has 6 heteroatoms. The third-order valence-corrected chi connectivity index (χ3v) is 2.74. The Morgan fingerprint density at radius 1 is 1.47 bits per heavy atom. The van der Waals surface area contributed by atoms with Crippen LogP contribution < -0.4 is 4.74 Å². The van der Waals surface area contributed by atoms with E-state index in [1.165, 1.54) is 23.9 Å². The van der Waals surface area contributed by atoms with Crippen LogP contribution in [0.25, 0.3) is 5.69 Å². The minimum atomic E-state index is -1.14. The molecule has 100 valence electrons. The third-order valence-electron chi connectivity index (χ3n) is 2.74. The van der Waals surface area contributed by atoms with E-state index >= 15 is 0 Å². The van der Waals surface area contributed by atoms with Crippen LogP contribution in [0, 0.1) is 5.82 Å². The predicted octanol–water partition coefficient (Wildman–Crippen LogP) is 2.28. The number of halogens is 1. The first kappa shape index (κ1) is 13.1. The first-order chi connectivity index (χ1) is 9.10. The molecule has 19 heavy (non-hydrogen) atoms. The lowest BCUT2D eigenvalue weighted by Crippen LogP contribution is -2.05. The molecule has 0 fully saturated rings. The number of hydrogen-bond donors (Lipinski definition) is 1. The van der Waals surface area contributed by atoms with Gasteiger partial charge in [0, 0.05) is 0 Å². The highest BCUT2D eigenvalue weighted by atomic mass is 19.1. The Morgan fingerprint density at radius 3 is 2.68 bits per heavy atom. The third kappa shape index (κ3) is 2.16. The smallest absolute Gasteiger partial charge is 0.343 e. The van der Waals surface area contributed by atoms with Crippen LogP contribution in [-0.2, 0) is 6.42 Å². The van der Waals surface area contributed by atoms with Crippen molar-refractivity contribution in [1.29, 1.82) is 0 Å². The number of rotatable bonds is 4. The number of methoxy groups -OCH3 is 1. The van der Waals surface area contributed by atoms with Crippen molar-refractivity contribution in [2.75, 3.05) is 7.11 Å². The fraction of sp³-hybridized carbons (Fsp3) is 0.231. The molecule has 2 aromatic rings. The molecule has 1 heterocycles. The zero-order chi connectivity index (χ0) is 14.0. The number of carboxylic acids is 1. The maximum absolute atomic E-state index is 13.8. The van der Waals surface area contributed by atoms with E-state index in [1.54, 1.807) is 19.1 Å². The highest BCUT2D eigenvalue weighted by molar-refractivity contribution is 5.92. The summed E-state index contributed by atoms with van der Waals surface area (Å²) in [5.74, 6) is -1.62. The molecule has 2 rings (SSSR count). The van der Waals surface area contributed by atoms with Crippen molar-refractivity contribution in [2.24, 2.45) is 0 Å². The second-order valence-electron chi connectivity index (χ2n) is 3.85. The van der Waals surface area contributed by atoms with Crippen molar-refractivity contribution in [3.8, 4) is 11.6 Å². The average Bonchev–Trinajstić information content (AvgIpc) is 2.77. The zero-order valence-electron chi connectivity index (χ0n) is 10.6. The molecular weight excluding hydrogens is 251 g/mol. The van der Waals surface area contributed by atoms with Crippen LogP contribution in [0.3, 0.4) is 0 Å². The van der Waals surface area contributed by atoms with Crippen LogP contribution in [-0.4, -0.2) is 28.0 Å². The summed E-state index contributed by atoms with van der Waals surface area (Å²) in [6, 6.07) is 5.98. The van der Waals surface area contributed by atoms with E-state index in [0.717, 1.165) is 0 Å². The minimum absolute atomic E-state index is 0.0226. The van der Waals surface area contributed by atoms with Gasteiger partial charge in [0.25, 0.3) is 0 Å². The predicted molar refractivity (Wildman–Crippen MR) is 66.4 cm³/mol. The van der Waals surface area contributed by atoms with Crippen molar-refractivity contribution in [3.05, 3.63) is 41.3 Å². The van der Waals surface area contributed by atoms with Crippen LogP contribution >= 0.6 is 0 Å². The van der Waals surface area contributed by atoms with Gasteiger partial charge in [0.1, 0.15) is 17.1 Å². The van der Waals surface area contributed by atoms with E-state index in [9.17, 15) is 14.3 Å². The van der Waals surface area contributed by atoms with Gasteiger partial charge in [0.2, 0.25) is 5.88 Å². The summed E-state index contributed by atoms with van der Waals surface area (Å²) < 4.78 is 20.0. The van der Waals surface area contributed by atoms with Gasteiger partial charge in [-0.2, -0.15) is 9.78 Å². The first-order valence-electron chi connectivity index (χ1n) is 5.74. The van der Waals surface area contributed by atoms with Gasteiger partial charge in [-0.05, 0) is 18.6 Å². The van der Waals surface area contributed by atoms with E-state index in [0.29, 0.717) is 12.1 Å². The van der Waals surface area contributed by atoms with E-state index < -0.39 is 11.8 Å². The molecule has 0 aliphatic rings. The fourth-order valence-corrected chi connectivity index (χ4v) is 1.88. The summed E-state index contributed by atoms with van der Waals surface area (Å²) in [5, 5.41) is 13.3. The molecule has 1 aromatic carbocycles. The molecule has 5 nitrogen and oxygen atoms in total. The van der Waals surface area contributed by atoms with Gasteiger partial charge in [-0.1, -0.05) is 19.1 Å². The zero-order valence-corrected chi connectivity index (χ0v) is 10.6. The molecule has 0 aliphatic heterocycles. The fourth-order valence-electron chi connectivity index (χ4n) is 1.88. The number of benzene rings is 1. The summed E-state index contributed by atoms with van der Waals surface area (Å²) >= 11 is 0. The highest BCUT2D eigenvalue weighted by Crippen LogP contribution is 2.27. The van der Waals surface area contributed by atoms with Gasteiger partial charge in [-0.15, -0.1) is 0 Å². The summed E-state index contributed by atoms with van der Waals surface area (Å²) in [5.41, 5.74) is 0.474. The Kier molecular flexibility index (Phi) is 3.50. The average molecular weight is 264 g/mol. The lowest BCUT2D eigenvalue weighted by Gasteiger charge is -2.07. The number of aryl methyl sites for hydroxylation is 1. The number of carboxylic acid groups (broad SMARTS) is 1. The van der Waals surface area contributed by atoms with E-state index in [-0.39, 0.29) is 17.1 Å². The molecule has 0 bridgehead atoms. The van der Waals surface area contributed by atoms with Gasteiger partial charge in [0.15, 0.2) is 0 Å². The number of aromatic nitrogens is 2. The lowest BCUT2D eigenvalue weighted by atomic mass is 10.2. The molecule has 1 aromatic heterocycles. The Bertz CT molecular complexity index is 622. The maximum Gasteiger partial charge on any atom is 0.343 e. The van der Waals surface area contributed by atoms with Gasteiger partial charge >= 0.3 is 5.97 Å². The monoisotopic (exact) mass is 264 g/mol. The molecular formula is C13H13FN2O3.